The number of aromatic nitrogens is 1. The second-order valence-electron chi connectivity index (χ2n) is 5.33. The van der Waals surface area contributed by atoms with Crippen LogP contribution in [0.4, 0.5) is 0 Å². The highest BCUT2D eigenvalue weighted by Gasteiger charge is 2.26. The molecule has 0 radical (unpaired) electrons. The monoisotopic (exact) mass is 318 g/mol. The van der Waals surface area contributed by atoms with Gasteiger partial charge in [-0.15, -0.1) is 0 Å². The number of nitrogens with one attached hydrogen (secondary N) is 1. The van der Waals surface area contributed by atoms with Gasteiger partial charge in [0.05, 0.1) is 5.52 Å². The summed E-state index contributed by atoms with van der Waals surface area (Å²) in [4.78, 5) is 4.51. The first kappa shape index (κ1) is 15.2. The molecule has 2 aromatic rings. The van der Waals surface area contributed by atoms with Crippen molar-refractivity contribution in [1.82, 2.24) is 10.3 Å². The zero-order chi connectivity index (χ0) is 14.5. The van der Waals surface area contributed by atoms with Crippen molar-refractivity contribution in [1.29, 1.82) is 0 Å². The highest BCUT2D eigenvalue weighted by Crippen LogP contribution is 2.36. The molecule has 0 bridgehead atoms. The Hall–Kier alpha value is -0.710. The minimum atomic E-state index is 0.427. The lowest BCUT2D eigenvalue weighted by molar-refractivity contribution is 0.533. The molecule has 2 nitrogen and oxygen atoms in total. The number of fused-ring (bicyclic) bond motifs is 1. The largest absolute Gasteiger partial charge is 0.309 e. The Morgan fingerprint density at radius 3 is 3.05 bits per heavy atom. The van der Waals surface area contributed by atoms with Gasteiger partial charge in [0.2, 0.25) is 0 Å². The van der Waals surface area contributed by atoms with Crippen molar-refractivity contribution in [2.45, 2.75) is 24.6 Å². The Bertz CT molecular complexity index is 577. The van der Waals surface area contributed by atoms with E-state index < -0.39 is 0 Å². The Kier molecular flexibility index (Phi) is 5.44. The van der Waals surface area contributed by atoms with Gasteiger partial charge in [-0.25, -0.2) is 0 Å². The fourth-order valence-corrected chi connectivity index (χ4v) is 5.70. The summed E-state index contributed by atoms with van der Waals surface area (Å²) in [7, 11) is 0. The highest BCUT2D eigenvalue weighted by atomic mass is 32.2. The second-order valence-corrected chi connectivity index (χ2v) is 7.83. The molecule has 1 aromatic heterocycles. The predicted octanol–water partition coefficient (Wildman–Crippen LogP) is 4.12. The van der Waals surface area contributed by atoms with Crippen molar-refractivity contribution in [2.24, 2.45) is 0 Å². The number of hydrogen-bond acceptors (Lipinski definition) is 4. The maximum atomic E-state index is 4.51. The van der Waals surface area contributed by atoms with Crippen LogP contribution < -0.4 is 5.32 Å². The summed E-state index contributed by atoms with van der Waals surface area (Å²) in [5.41, 5.74) is 2.51. The first-order valence-corrected chi connectivity index (χ1v) is 9.87. The van der Waals surface area contributed by atoms with Crippen LogP contribution in [0.25, 0.3) is 10.9 Å². The van der Waals surface area contributed by atoms with Crippen molar-refractivity contribution >= 4 is 34.4 Å². The number of rotatable bonds is 5. The topological polar surface area (TPSA) is 24.9 Å². The molecule has 4 heteroatoms. The quantitative estimate of drug-likeness (QED) is 0.896. The van der Waals surface area contributed by atoms with E-state index in [1.165, 1.54) is 34.6 Å². The van der Waals surface area contributed by atoms with Gasteiger partial charge in [0.25, 0.3) is 0 Å². The number of nitrogens with zero attached hydrogens (tertiary/aromatic N) is 1. The van der Waals surface area contributed by atoms with Gasteiger partial charge in [0.15, 0.2) is 0 Å². The molecule has 2 atom stereocenters. The summed E-state index contributed by atoms with van der Waals surface area (Å²) in [5, 5.41) is 5.74. The molecule has 1 aliphatic heterocycles. The fourth-order valence-electron chi connectivity index (χ4n) is 2.84. The standard InChI is InChI=1S/C17H22N2S2/c1-2-8-19-17(16-12-20-10-11-21-16)14-5-3-7-15-13(14)6-4-9-18-15/h3-7,9,16-17,19H,2,8,10-12H2,1H3. The maximum absolute atomic E-state index is 4.51. The number of pyridine rings is 1. The summed E-state index contributed by atoms with van der Waals surface area (Å²) < 4.78 is 0. The van der Waals surface area contributed by atoms with E-state index in [1.807, 2.05) is 12.3 Å². The molecule has 1 saturated heterocycles. The van der Waals surface area contributed by atoms with Gasteiger partial charge in [0.1, 0.15) is 0 Å². The molecule has 1 fully saturated rings. The van der Waals surface area contributed by atoms with Gasteiger partial charge >= 0.3 is 0 Å². The normalized spacial score (nSPS) is 20.5. The Morgan fingerprint density at radius 2 is 2.24 bits per heavy atom. The van der Waals surface area contributed by atoms with Gasteiger partial charge in [-0.3, -0.25) is 4.98 Å². The smallest absolute Gasteiger partial charge is 0.0705 e. The molecular weight excluding hydrogens is 296 g/mol. The van der Waals surface area contributed by atoms with Gasteiger partial charge in [0, 0.05) is 40.1 Å². The summed E-state index contributed by atoms with van der Waals surface area (Å²) in [6.45, 7) is 3.31. The predicted molar refractivity (Wildman–Crippen MR) is 96.3 cm³/mol. The van der Waals surface area contributed by atoms with Gasteiger partial charge in [-0.2, -0.15) is 23.5 Å². The van der Waals surface area contributed by atoms with Crippen LogP contribution in [0.15, 0.2) is 36.5 Å². The zero-order valence-corrected chi connectivity index (χ0v) is 14.1. The van der Waals surface area contributed by atoms with Gasteiger partial charge in [-0.1, -0.05) is 25.1 Å². The molecule has 1 aromatic carbocycles. The average molecular weight is 319 g/mol. The van der Waals surface area contributed by atoms with Gasteiger partial charge in [-0.05, 0) is 30.7 Å². The van der Waals surface area contributed by atoms with E-state index in [0.717, 1.165) is 12.1 Å². The summed E-state index contributed by atoms with van der Waals surface area (Å²) in [6, 6.07) is 11.2. The highest BCUT2D eigenvalue weighted by molar-refractivity contribution is 8.06. The van der Waals surface area contributed by atoms with Crippen molar-refractivity contribution in [3.63, 3.8) is 0 Å². The molecule has 2 unspecified atom stereocenters. The molecule has 1 aliphatic rings. The van der Waals surface area contributed by atoms with E-state index in [0.29, 0.717) is 11.3 Å². The minimum Gasteiger partial charge on any atom is -0.309 e. The van der Waals surface area contributed by atoms with Crippen LogP contribution in [0.5, 0.6) is 0 Å². The Labute approximate surface area is 135 Å². The first-order valence-electron chi connectivity index (χ1n) is 7.66. The minimum absolute atomic E-state index is 0.427. The van der Waals surface area contributed by atoms with Crippen LogP contribution in [0.2, 0.25) is 0 Å². The van der Waals surface area contributed by atoms with Crippen LogP contribution in [-0.4, -0.2) is 34.0 Å². The molecule has 0 spiro atoms. The van der Waals surface area contributed by atoms with E-state index in [1.54, 1.807) is 0 Å². The molecule has 1 N–H and O–H groups in total. The molecule has 112 valence electrons. The van der Waals surface area contributed by atoms with E-state index in [9.17, 15) is 0 Å². The molecule has 0 amide bonds. The van der Waals surface area contributed by atoms with Crippen LogP contribution in [-0.2, 0) is 0 Å². The number of hydrogen-bond donors (Lipinski definition) is 1. The number of thioether (sulfide) groups is 2. The van der Waals surface area contributed by atoms with Crippen molar-refractivity contribution in [2.75, 3.05) is 23.8 Å². The SMILES string of the molecule is CCCNC(c1cccc2ncccc12)C1CSCCS1. The fraction of sp³-hybridized carbons (Fsp3) is 0.471. The second kappa shape index (κ2) is 7.52. The van der Waals surface area contributed by atoms with E-state index in [2.05, 4.69) is 65.0 Å². The lowest BCUT2D eigenvalue weighted by Crippen LogP contribution is -2.34. The Morgan fingerprint density at radius 1 is 1.29 bits per heavy atom. The third-order valence-electron chi connectivity index (χ3n) is 3.84. The van der Waals surface area contributed by atoms with Crippen molar-refractivity contribution in [3.8, 4) is 0 Å². The molecule has 2 heterocycles. The third kappa shape index (κ3) is 3.55. The van der Waals surface area contributed by atoms with Crippen LogP contribution in [0.1, 0.15) is 24.9 Å². The molecule has 0 aliphatic carbocycles. The van der Waals surface area contributed by atoms with Crippen LogP contribution in [0, 0.1) is 0 Å². The molecule has 3 rings (SSSR count). The van der Waals surface area contributed by atoms with Crippen LogP contribution >= 0.6 is 23.5 Å². The van der Waals surface area contributed by atoms with Crippen LogP contribution in [0.3, 0.4) is 0 Å². The van der Waals surface area contributed by atoms with E-state index >= 15 is 0 Å². The summed E-state index contributed by atoms with van der Waals surface area (Å²) >= 11 is 4.21. The number of benzene rings is 1. The molecular formula is C17H22N2S2. The molecule has 21 heavy (non-hydrogen) atoms. The maximum Gasteiger partial charge on any atom is 0.0705 e. The van der Waals surface area contributed by atoms with E-state index in [-0.39, 0.29) is 0 Å². The van der Waals surface area contributed by atoms with Crippen molar-refractivity contribution in [3.05, 3.63) is 42.1 Å². The first-order chi connectivity index (χ1) is 10.4. The van der Waals surface area contributed by atoms with E-state index in [4.69, 9.17) is 0 Å². The average Bonchev–Trinajstić information content (AvgIpc) is 2.56. The lowest BCUT2D eigenvalue weighted by Gasteiger charge is -2.31. The lowest BCUT2D eigenvalue weighted by atomic mass is 9.99. The zero-order valence-electron chi connectivity index (χ0n) is 12.4. The van der Waals surface area contributed by atoms with Crippen molar-refractivity contribution < 1.29 is 0 Å². The Balaban J connectivity index is 1.96. The third-order valence-corrected chi connectivity index (χ3v) is 6.71. The van der Waals surface area contributed by atoms with Gasteiger partial charge < -0.3 is 5.32 Å². The summed E-state index contributed by atoms with van der Waals surface area (Å²) in [6.07, 6.45) is 3.05. The summed E-state index contributed by atoms with van der Waals surface area (Å²) in [5.74, 6) is 3.80. The molecule has 0 saturated carbocycles.